The van der Waals surface area contributed by atoms with Crippen LogP contribution in [0.2, 0.25) is 0 Å². The molecule has 5 rings (SSSR count). The molecule has 0 spiro atoms. The third-order valence-electron chi connectivity index (χ3n) is 7.91. The van der Waals surface area contributed by atoms with Crippen molar-refractivity contribution < 1.29 is 22.3 Å². The Labute approximate surface area is 220 Å². The Bertz CT molecular complexity index is 1500. The minimum absolute atomic E-state index is 0.0190. The van der Waals surface area contributed by atoms with E-state index in [4.69, 9.17) is 0 Å². The van der Waals surface area contributed by atoms with Crippen LogP contribution in [0.5, 0.6) is 0 Å². The molecular weight excluding hydrogens is 512 g/mol. The molecule has 3 aromatic rings. The minimum atomic E-state index is -3.82. The summed E-state index contributed by atoms with van der Waals surface area (Å²) in [5, 5.41) is 13.8. The van der Waals surface area contributed by atoms with Crippen LogP contribution in [0.1, 0.15) is 61.5 Å². The Hall–Kier alpha value is -2.95. The standard InChI is InChI=1S/C28H31F2N3O4S/c1-19-10-11-25(20-7-4-3-5-8-20)38(36,37)33(19)15-21-13-24(30)22(14-23(21)29)28(16-27(2,35)17-28)18-32-26(34)9-6-12-31-32/h3-9,12-14,19,25,35H,10-11,15-18H2,1-2H3/t19-,25?,27?,28?/m0/s1. The summed E-state index contributed by atoms with van der Waals surface area (Å²) < 4.78 is 60.8. The van der Waals surface area contributed by atoms with Gasteiger partial charge in [0, 0.05) is 35.8 Å². The third kappa shape index (κ3) is 4.81. The number of hydrogen-bond donors (Lipinski definition) is 1. The number of aliphatic hydroxyl groups is 1. The quantitative estimate of drug-likeness (QED) is 0.506. The fraction of sp³-hybridized carbons (Fsp3) is 0.429. The van der Waals surface area contributed by atoms with Crippen LogP contribution in [0.25, 0.3) is 0 Å². The van der Waals surface area contributed by atoms with E-state index in [1.54, 1.807) is 38.1 Å². The second kappa shape index (κ2) is 9.66. The molecule has 2 aromatic carbocycles. The molecule has 38 heavy (non-hydrogen) atoms. The van der Waals surface area contributed by atoms with Gasteiger partial charge in [0.15, 0.2) is 0 Å². The molecule has 1 saturated carbocycles. The van der Waals surface area contributed by atoms with E-state index in [9.17, 15) is 18.3 Å². The van der Waals surface area contributed by atoms with Gasteiger partial charge in [-0.1, -0.05) is 30.3 Å². The summed E-state index contributed by atoms with van der Waals surface area (Å²) >= 11 is 0. The van der Waals surface area contributed by atoms with Crippen molar-refractivity contribution in [2.24, 2.45) is 0 Å². The van der Waals surface area contributed by atoms with E-state index in [0.29, 0.717) is 18.4 Å². The second-order valence-electron chi connectivity index (χ2n) is 11.0. The zero-order valence-electron chi connectivity index (χ0n) is 21.3. The Balaban J connectivity index is 1.47. The average molecular weight is 544 g/mol. The lowest BCUT2D eigenvalue weighted by Gasteiger charge is -2.52. The van der Waals surface area contributed by atoms with Crippen LogP contribution < -0.4 is 5.56 Å². The molecule has 2 aliphatic rings. The lowest BCUT2D eigenvalue weighted by atomic mass is 9.56. The van der Waals surface area contributed by atoms with E-state index in [0.717, 1.165) is 12.1 Å². The summed E-state index contributed by atoms with van der Waals surface area (Å²) in [6.45, 7) is 3.08. The van der Waals surface area contributed by atoms with Crippen molar-refractivity contribution in [3.8, 4) is 0 Å². The molecule has 2 fully saturated rings. The normalized spacial score (nSPS) is 29.1. The molecule has 1 aromatic heterocycles. The van der Waals surface area contributed by atoms with Gasteiger partial charge >= 0.3 is 0 Å². The monoisotopic (exact) mass is 543 g/mol. The van der Waals surface area contributed by atoms with Crippen molar-refractivity contribution >= 4 is 10.0 Å². The van der Waals surface area contributed by atoms with Crippen LogP contribution in [0.15, 0.2) is 65.6 Å². The molecular formula is C28H31F2N3O4S. The smallest absolute Gasteiger partial charge is 0.266 e. The van der Waals surface area contributed by atoms with Crippen LogP contribution in [0, 0.1) is 11.6 Å². The number of hydrogen-bond acceptors (Lipinski definition) is 5. The highest BCUT2D eigenvalue weighted by Crippen LogP contribution is 2.52. The van der Waals surface area contributed by atoms with Gasteiger partial charge in [-0.2, -0.15) is 9.40 Å². The molecule has 1 unspecified atom stereocenters. The van der Waals surface area contributed by atoms with Gasteiger partial charge in [0.1, 0.15) is 16.9 Å². The van der Waals surface area contributed by atoms with E-state index < -0.39 is 37.9 Å². The molecule has 1 saturated heterocycles. The van der Waals surface area contributed by atoms with Gasteiger partial charge in [-0.25, -0.2) is 21.9 Å². The van der Waals surface area contributed by atoms with E-state index in [2.05, 4.69) is 5.10 Å². The average Bonchev–Trinajstić information content (AvgIpc) is 2.84. The molecule has 2 heterocycles. The first kappa shape index (κ1) is 26.6. The molecule has 10 heteroatoms. The van der Waals surface area contributed by atoms with Gasteiger partial charge in [-0.3, -0.25) is 4.79 Å². The summed E-state index contributed by atoms with van der Waals surface area (Å²) in [5.74, 6) is -1.44. The maximum absolute atomic E-state index is 15.7. The number of rotatable bonds is 6. The molecule has 202 valence electrons. The Morgan fingerprint density at radius 1 is 1.05 bits per heavy atom. The summed E-state index contributed by atoms with van der Waals surface area (Å²) in [4.78, 5) is 12.3. The van der Waals surface area contributed by atoms with Gasteiger partial charge in [-0.05, 0) is 68.9 Å². The highest BCUT2D eigenvalue weighted by atomic mass is 32.2. The van der Waals surface area contributed by atoms with Gasteiger partial charge < -0.3 is 5.11 Å². The Morgan fingerprint density at radius 2 is 1.76 bits per heavy atom. The van der Waals surface area contributed by atoms with Gasteiger partial charge in [0.05, 0.1) is 12.1 Å². The van der Waals surface area contributed by atoms with Crippen molar-refractivity contribution in [2.45, 2.75) is 74.9 Å². The van der Waals surface area contributed by atoms with Crippen molar-refractivity contribution in [3.05, 3.63) is 99.5 Å². The van der Waals surface area contributed by atoms with Crippen LogP contribution in [0.3, 0.4) is 0 Å². The van der Waals surface area contributed by atoms with Crippen LogP contribution in [-0.2, 0) is 28.5 Å². The van der Waals surface area contributed by atoms with Crippen molar-refractivity contribution in [2.75, 3.05) is 0 Å². The molecule has 1 N–H and O–H groups in total. The summed E-state index contributed by atoms with van der Waals surface area (Å²) in [7, 11) is -3.82. The molecule has 1 aliphatic carbocycles. The fourth-order valence-electron chi connectivity index (χ4n) is 6.22. The first-order chi connectivity index (χ1) is 17.9. The highest BCUT2D eigenvalue weighted by Gasteiger charge is 2.54. The van der Waals surface area contributed by atoms with Crippen molar-refractivity contribution in [1.29, 1.82) is 0 Å². The maximum atomic E-state index is 15.7. The molecule has 0 bridgehead atoms. The van der Waals surface area contributed by atoms with Crippen LogP contribution >= 0.6 is 0 Å². The van der Waals surface area contributed by atoms with Crippen LogP contribution in [0.4, 0.5) is 8.78 Å². The topological polar surface area (TPSA) is 92.5 Å². The minimum Gasteiger partial charge on any atom is -0.390 e. The van der Waals surface area contributed by atoms with E-state index in [-0.39, 0.29) is 48.7 Å². The lowest BCUT2D eigenvalue weighted by molar-refractivity contribution is -0.0846. The fourth-order valence-corrected chi connectivity index (χ4v) is 8.41. The predicted octanol–water partition coefficient (Wildman–Crippen LogP) is 4.06. The SMILES string of the molecule is C[C@H]1CCC(c2ccccc2)S(=O)(=O)N1Cc1cc(F)c(C2(Cn3ncccc3=O)CC(C)(O)C2)cc1F. The number of benzene rings is 2. The zero-order chi connectivity index (χ0) is 27.3. The first-order valence-corrected chi connectivity index (χ1v) is 14.2. The molecule has 7 nitrogen and oxygen atoms in total. The van der Waals surface area contributed by atoms with Gasteiger partial charge in [-0.15, -0.1) is 0 Å². The number of nitrogens with zero attached hydrogens (tertiary/aromatic N) is 3. The van der Waals surface area contributed by atoms with Gasteiger partial charge in [0.25, 0.3) is 5.56 Å². The predicted molar refractivity (Wildman–Crippen MR) is 139 cm³/mol. The van der Waals surface area contributed by atoms with E-state index in [1.165, 1.54) is 27.3 Å². The number of sulfonamides is 1. The third-order valence-corrected chi connectivity index (χ3v) is 10.3. The maximum Gasteiger partial charge on any atom is 0.266 e. The van der Waals surface area contributed by atoms with E-state index >= 15 is 8.78 Å². The number of halogens is 2. The Morgan fingerprint density at radius 3 is 2.42 bits per heavy atom. The molecule has 2 atom stereocenters. The second-order valence-corrected chi connectivity index (χ2v) is 13.1. The Kier molecular flexibility index (Phi) is 6.77. The summed E-state index contributed by atoms with van der Waals surface area (Å²) in [5.41, 5.74) is -1.85. The molecule has 0 amide bonds. The van der Waals surface area contributed by atoms with E-state index in [1.807, 2.05) is 6.07 Å². The summed E-state index contributed by atoms with van der Waals surface area (Å²) in [6, 6.07) is 13.5. The molecule has 0 radical (unpaired) electrons. The summed E-state index contributed by atoms with van der Waals surface area (Å²) in [6.07, 6.45) is 2.73. The molecule has 1 aliphatic heterocycles. The first-order valence-electron chi connectivity index (χ1n) is 12.7. The highest BCUT2D eigenvalue weighted by molar-refractivity contribution is 7.89. The van der Waals surface area contributed by atoms with Crippen LogP contribution in [-0.4, -0.2) is 39.3 Å². The van der Waals surface area contributed by atoms with Crippen molar-refractivity contribution in [1.82, 2.24) is 14.1 Å². The van der Waals surface area contributed by atoms with Crippen molar-refractivity contribution in [3.63, 3.8) is 0 Å². The number of aromatic nitrogens is 2. The van der Waals surface area contributed by atoms with Gasteiger partial charge in [0.2, 0.25) is 10.0 Å². The zero-order valence-corrected chi connectivity index (χ0v) is 22.2. The largest absolute Gasteiger partial charge is 0.390 e. The lowest BCUT2D eigenvalue weighted by Crippen LogP contribution is -2.56.